The number of aryl methyl sites for hydroxylation is 1. The van der Waals surface area contributed by atoms with Crippen molar-refractivity contribution in [1.29, 1.82) is 0 Å². The van der Waals surface area contributed by atoms with Crippen LogP contribution in [0.1, 0.15) is 12.5 Å². The predicted octanol–water partition coefficient (Wildman–Crippen LogP) is 2.91. The Hall–Kier alpha value is -1.61. The molecule has 1 aromatic carbocycles. The third-order valence-corrected chi connectivity index (χ3v) is 2.96. The highest BCUT2D eigenvalue weighted by atomic mass is 15.1. The van der Waals surface area contributed by atoms with E-state index in [0.717, 1.165) is 17.9 Å². The molecule has 1 aromatic heterocycles. The lowest BCUT2D eigenvalue weighted by Crippen LogP contribution is -2.29. The number of para-hydroxylation sites is 1. The first kappa shape index (κ1) is 12.8. The van der Waals surface area contributed by atoms with Gasteiger partial charge in [0, 0.05) is 18.0 Å². The van der Waals surface area contributed by atoms with Crippen molar-refractivity contribution in [3.05, 3.63) is 35.9 Å². The van der Waals surface area contributed by atoms with Gasteiger partial charge in [0.1, 0.15) is 5.82 Å². The van der Waals surface area contributed by atoms with E-state index in [1.165, 1.54) is 10.9 Å². The molecular weight excluding hydrogens is 222 g/mol. The second-order valence-corrected chi connectivity index (χ2v) is 5.15. The maximum atomic E-state index is 4.65. The molecule has 2 rings (SSSR count). The van der Waals surface area contributed by atoms with E-state index in [4.69, 9.17) is 0 Å². The zero-order valence-corrected chi connectivity index (χ0v) is 11.6. The fraction of sp³-hybridized carbons (Fsp3) is 0.400. The number of fused-ring (bicyclic) bond motifs is 1. The molecule has 18 heavy (non-hydrogen) atoms. The van der Waals surface area contributed by atoms with Crippen molar-refractivity contribution >= 4 is 16.7 Å². The third kappa shape index (κ3) is 2.99. The second kappa shape index (κ2) is 5.36. The first-order chi connectivity index (χ1) is 8.56. The molecule has 0 spiro atoms. The van der Waals surface area contributed by atoms with Crippen LogP contribution in [0, 0.1) is 6.92 Å². The molecule has 0 saturated heterocycles. The zero-order valence-electron chi connectivity index (χ0n) is 11.6. The van der Waals surface area contributed by atoms with Crippen molar-refractivity contribution in [2.45, 2.75) is 19.9 Å². The standard InChI is InChI=1S/C15H21N3/c1-11-9-15(16-12(2)10-18(3)4)17-14-8-6-5-7-13(11)14/h5-9,12H,10H2,1-4H3,(H,16,17). The lowest BCUT2D eigenvalue weighted by atomic mass is 10.1. The number of pyridine rings is 1. The maximum Gasteiger partial charge on any atom is 0.127 e. The van der Waals surface area contributed by atoms with E-state index in [2.05, 4.69) is 67.4 Å². The summed E-state index contributed by atoms with van der Waals surface area (Å²) in [6, 6.07) is 10.8. The van der Waals surface area contributed by atoms with E-state index in [-0.39, 0.29) is 0 Å². The summed E-state index contributed by atoms with van der Waals surface area (Å²) in [5.74, 6) is 0.959. The van der Waals surface area contributed by atoms with E-state index < -0.39 is 0 Å². The summed E-state index contributed by atoms with van der Waals surface area (Å²) in [5.41, 5.74) is 2.32. The molecule has 0 saturated carbocycles. The van der Waals surface area contributed by atoms with E-state index in [9.17, 15) is 0 Å². The van der Waals surface area contributed by atoms with Crippen LogP contribution in [0.15, 0.2) is 30.3 Å². The van der Waals surface area contributed by atoms with Crippen LogP contribution in [-0.4, -0.2) is 36.6 Å². The van der Waals surface area contributed by atoms with Crippen molar-refractivity contribution in [3.63, 3.8) is 0 Å². The lowest BCUT2D eigenvalue weighted by molar-refractivity contribution is 0.392. The molecule has 0 aliphatic heterocycles. The van der Waals surface area contributed by atoms with Gasteiger partial charge in [-0.05, 0) is 45.6 Å². The van der Waals surface area contributed by atoms with Crippen LogP contribution in [0.3, 0.4) is 0 Å². The Morgan fingerprint density at radius 1 is 1.28 bits per heavy atom. The van der Waals surface area contributed by atoms with Crippen LogP contribution in [0.2, 0.25) is 0 Å². The Morgan fingerprint density at radius 2 is 2.00 bits per heavy atom. The quantitative estimate of drug-likeness (QED) is 0.895. The number of benzene rings is 1. The van der Waals surface area contributed by atoms with Crippen molar-refractivity contribution in [3.8, 4) is 0 Å². The molecule has 96 valence electrons. The summed E-state index contributed by atoms with van der Waals surface area (Å²) in [6.07, 6.45) is 0. The lowest BCUT2D eigenvalue weighted by Gasteiger charge is -2.19. The summed E-state index contributed by atoms with van der Waals surface area (Å²) in [4.78, 5) is 6.83. The Bertz CT molecular complexity index is 534. The molecule has 1 unspecified atom stereocenters. The van der Waals surface area contributed by atoms with Crippen LogP contribution < -0.4 is 5.32 Å². The highest BCUT2D eigenvalue weighted by molar-refractivity contribution is 5.83. The van der Waals surface area contributed by atoms with E-state index >= 15 is 0 Å². The molecule has 1 N–H and O–H groups in total. The SMILES string of the molecule is Cc1cc(NC(C)CN(C)C)nc2ccccc12. The van der Waals surface area contributed by atoms with Crippen LogP contribution in [0.5, 0.6) is 0 Å². The molecule has 0 aliphatic carbocycles. The van der Waals surface area contributed by atoms with Gasteiger partial charge in [0.25, 0.3) is 0 Å². The summed E-state index contributed by atoms with van der Waals surface area (Å²) in [5, 5.41) is 4.68. The molecule has 0 bridgehead atoms. The number of rotatable bonds is 4. The highest BCUT2D eigenvalue weighted by Gasteiger charge is 2.06. The average molecular weight is 243 g/mol. The van der Waals surface area contributed by atoms with Gasteiger partial charge in [-0.25, -0.2) is 4.98 Å². The normalized spacial score (nSPS) is 12.9. The topological polar surface area (TPSA) is 28.2 Å². The minimum atomic E-state index is 0.382. The Balaban J connectivity index is 2.24. The van der Waals surface area contributed by atoms with Gasteiger partial charge in [-0.2, -0.15) is 0 Å². The van der Waals surface area contributed by atoms with Gasteiger partial charge in [0.15, 0.2) is 0 Å². The van der Waals surface area contributed by atoms with Gasteiger partial charge in [0.2, 0.25) is 0 Å². The van der Waals surface area contributed by atoms with Crippen LogP contribution in [0.4, 0.5) is 5.82 Å². The number of hydrogen-bond donors (Lipinski definition) is 1. The van der Waals surface area contributed by atoms with Crippen LogP contribution >= 0.6 is 0 Å². The minimum Gasteiger partial charge on any atom is -0.366 e. The molecule has 3 heteroatoms. The number of aromatic nitrogens is 1. The average Bonchev–Trinajstić information content (AvgIpc) is 2.27. The van der Waals surface area contributed by atoms with Gasteiger partial charge >= 0.3 is 0 Å². The fourth-order valence-corrected chi connectivity index (χ4v) is 2.27. The number of anilines is 1. The Morgan fingerprint density at radius 3 is 2.72 bits per heavy atom. The van der Waals surface area contributed by atoms with Gasteiger partial charge < -0.3 is 10.2 Å². The second-order valence-electron chi connectivity index (χ2n) is 5.15. The van der Waals surface area contributed by atoms with Crippen molar-refractivity contribution in [1.82, 2.24) is 9.88 Å². The number of hydrogen-bond acceptors (Lipinski definition) is 3. The number of likely N-dealkylation sites (N-methyl/N-ethyl adjacent to an activating group) is 1. The van der Waals surface area contributed by atoms with Crippen molar-refractivity contribution in [2.75, 3.05) is 26.0 Å². The summed E-state index contributed by atoms with van der Waals surface area (Å²) in [6.45, 7) is 5.30. The molecule has 0 fully saturated rings. The molecule has 0 amide bonds. The van der Waals surface area contributed by atoms with Gasteiger partial charge in [0.05, 0.1) is 5.52 Å². The summed E-state index contributed by atoms with van der Waals surface area (Å²) >= 11 is 0. The van der Waals surface area contributed by atoms with Crippen LogP contribution in [0.25, 0.3) is 10.9 Å². The minimum absolute atomic E-state index is 0.382. The monoisotopic (exact) mass is 243 g/mol. The fourth-order valence-electron chi connectivity index (χ4n) is 2.27. The predicted molar refractivity (Wildman–Crippen MR) is 78.1 cm³/mol. The molecule has 0 aliphatic rings. The maximum absolute atomic E-state index is 4.65. The highest BCUT2D eigenvalue weighted by Crippen LogP contribution is 2.20. The molecule has 0 radical (unpaired) electrons. The molecule has 1 heterocycles. The molecule has 2 aromatic rings. The summed E-state index contributed by atoms with van der Waals surface area (Å²) < 4.78 is 0. The van der Waals surface area contributed by atoms with Gasteiger partial charge in [-0.3, -0.25) is 0 Å². The smallest absolute Gasteiger partial charge is 0.127 e. The van der Waals surface area contributed by atoms with E-state index in [1.54, 1.807) is 0 Å². The van der Waals surface area contributed by atoms with Crippen molar-refractivity contribution < 1.29 is 0 Å². The Labute approximate surface area is 109 Å². The van der Waals surface area contributed by atoms with E-state index in [0.29, 0.717) is 6.04 Å². The molecular formula is C15H21N3. The first-order valence-corrected chi connectivity index (χ1v) is 6.34. The first-order valence-electron chi connectivity index (χ1n) is 6.34. The van der Waals surface area contributed by atoms with E-state index in [1.807, 2.05) is 6.07 Å². The number of nitrogens with zero attached hydrogens (tertiary/aromatic N) is 2. The molecule has 3 nitrogen and oxygen atoms in total. The molecule has 1 atom stereocenters. The third-order valence-electron chi connectivity index (χ3n) is 2.96. The van der Waals surface area contributed by atoms with Gasteiger partial charge in [-0.1, -0.05) is 18.2 Å². The summed E-state index contributed by atoms with van der Waals surface area (Å²) in [7, 11) is 4.16. The number of nitrogens with one attached hydrogen (secondary N) is 1. The zero-order chi connectivity index (χ0) is 13.1. The Kier molecular flexibility index (Phi) is 3.82. The van der Waals surface area contributed by atoms with Gasteiger partial charge in [-0.15, -0.1) is 0 Å². The largest absolute Gasteiger partial charge is 0.366 e. The van der Waals surface area contributed by atoms with Crippen LogP contribution in [-0.2, 0) is 0 Å². The van der Waals surface area contributed by atoms with Crippen molar-refractivity contribution in [2.24, 2.45) is 0 Å².